The molecule has 100 valence electrons. The molecular formula is C16H13ClN2O. The Morgan fingerprint density at radius 2 is 1.85 bits per heavy atom. The third kappa shape index (κ3) is 2.46. The minimum Gasteiger partial charge on any atom is -0.455 e. The van der Waals surface area contributed by atoms with E-state index in [9.17, 15) is 0 Å². The van der Waals surface area contributed by atoms with Crippen LogP contribution < -0.4 is 10.5 Å². The Balaban J connectivity index is 2.08. The highest BCUT2D eigenvalue weighted by atomic mass is 35.5. The van der Waals surface area contributed by atoms with Gasteiger partial charge in [-0.3, -0.25) is 4.98 Å². The molecule has 0 aliphatic rings. The summed E-state index contributed by atoms with van der Waals surface area (Å²) < 4.78 is 5.88. The standard InChI is InChI=1S/C16H13ClN2O/c17-12-7-13(10-19-9-12)20-16-6-5-11(8-18)14-3-1-2-4-15(14)16/h1-7,9-10H,8,18H2. The first-order valence-corrected chi connectivity index (χ1v) is 6.65. The van der Waals surface area contributed by atoms with Gasteiger partial charge in [-0.1, -0.05) is 41.9 Å². The van der Waals surface area contributed by atoms with Crippen molar-refractivity contribution in [2.75, 3.05) is 0 Å². The molecule has 0 saturated carbocycles. The molecule has 0 amide bonds. The molecule has 3 rings (SSSR count). The van der Waals surface area contributed by atoms with E-state index in [1.807, 2.05) is 36.4 Å². The molecule has 0 saturated heterocycles. The molecule has 0 bridgehead atoms. The molecule has 0 aliphatic carbocycles. The minimum atomic E-state index is 0.500. The molecule has 3 nitrogen and oxygen atoms in total. The number of fused-ring (bicyclic) bond motifs is 1. The molecule has 0 radical (unpaired) electrons. The van der Waals surface area contributed by atoms with Crippen molar-refractivity contribution in [1.29, 1.82) is 0 Å². The lowest BCUT2D eigenvalue weighted by Crippen LogP contribution is -1.98. The number of nitrogens with zero attached hydrogens (tertiary/aromatic N) is 1. The normalized spacial score (nSPS) is 10.7. The van der Waals surface area contributed by atoms with Crippen LogP contribution in [0, 0.1) is 0 Å². The number of pyridine rings is 1. The zero-order chi connectivity index (χ0) is 13.9. The molecule has 20 heavy (non-hydrogen) atoms. The summed E-state index contributed by atoms with van der Waals surface area (Å²) in [5.74, 6) is 1.38. The van der Waals surface area contributed by atoms with Gasteiger partial charge in [0, 0.05) is 24.2 Å². The molecule has 1 aromatic heterocycles. The number of ether oxygens (including phenoxy) is 1. The number of nitrogens with two attached hydrogens (primary N) is 1. The summed E-state index contributed by atoms with van der Waals surface area (Å²) in [6.45, 7) is 0.500. The average Bonchev–Trinajstić information content (AvgIpc) is 2.48. The van der Waals surface area contributed by atoms with Crippen molar-refractivity contribution in [3.8, 4) is 11.5 Å². The van der Waals surface area contributed by atoms with Crippen LogP contribution in [0.3, 0.4) is 0 Å². The smallest absolute Gasteiger partial charge is 0.147 e. The Morgan fingerprint density at radius 3 is 2.60 bits per heavy atom. The summed E-state index contributed by atoms with van der Waals surface area (Å²) in [4.78, 5) is 4.02. The van der Waals surface area contributed by atoms with Crippen molar-refractivity contribution >= 4 is 22.4 Å². The Morgan fingerprint density at radius 1 is 1.05 bits per heavy atom. The van der Waals surface area contributed by atoms with Crippen LogP contribution in [-0.4, -0.2) is 4.98 Å². The van der Waals surface area contributed by atoms with Gasteiger partial charge in [0.1, 0.15) is 11.5 Å². The fraction of sp³-hybridized carbons (Fsp3) is 0.0625. The number of aromatic nitrogens is 1. The number of halogens is 1. The van der Waals surface area contributed by atoms with Gasteiger partial charge in [0.25, 0.3) is 0 Å². The molecule has 0 fully saturated rings. The van der Waals surface area contributed by atoms with E-state index in [4.69, 9.17) is 22.1 Å². The van der Waals surface area contributed by atoms with E-state index in [0.29, 0.717) is 17.3 Å². The van der Waals surface area contributed by atoms with Crippen molar-refractivity contribution < 1.29 is 4.74 Å². The zero-order valence-electron chi connectivity index (χ0n) is 10.7. The summed E-state index contributed by atoms with van der Waals surface area (Å²) in [5.41, 5.74) is 6.86. The summed E-state index contributed by atoms with van der Waals surface area (Å²) in [7, 11) is 0. The first-order valence-electron chi connectivity index (χ1n) is 6.27. The molecule has 1 heterocycles. The van der Waals surface area contributed by atoms with Gasteiger partial charge in [0.05, 0.1) is 11.2 Å². The van der Waals surface area contributed by atoms with Gasteiger partial charge >= 0.3 is 0 Å². The number of benzene rings is 2. The third-order valence-corrected chi connectivity index (χ3v) is 3.31. The van der Waals surface area contributed by atoms with Crippen molar-refractivity contribution in [3.05, 3.63) is 65.4 Å². The highest BCUT2D eigenvalue weighted by Crippen LogP contribution is 2.32. The molecule has 3 aromatic rings. The molecule has 2 aromatic carbocycles. The van der Waals surface area contributed by atoms with Gasteiger partial charge in [-0.15, -0.1) is 0 Å². The molecule has 2 N–H and O–H groups in total. The van der Waals surface area contributed by atoms with Gasteiger partial charge in [0.2, 0.25) is 0 Å². The number of hydrogen-bond acceptors (Lipinski definition) is 3. The Bertz CT molecular complexity index is 758. The molecule has 4 heteroatoms. The van der Waals surface area contributed by atoms with Crippen molar-refractivity contribution in [1.82, 2.24) is 4.98 Å². The summed E-state index contributed by atoms with van der Waals surface area (Å²) >= 11 is 5.92. The fourth-order valence-electron chi connectivity index (χ4n) is 2.18. The fourth-order valence-corrected chi connectivity index (χ4v) is 2.34. The van der Waals surface area contributed by atoms with Gasteiger partial charge in [-0.2, -0.15) is 0 Å². The van der Waals surface area contributed by atoms with Gasteiger partial charge < -0.3 is 10.5 Å². The largest absolute Gasteiger partial charge is 0.455 e. The van der Waals surface area contributed by atoms with E-state index < -0.39 is 0 Å². The maximum atomic E-state index is 5.92. The second-order valence-electron chi connectivity index (χ2n) is 4.41. The van der Waals surface area contributed by atoms with Crippen molar-refractivity contribution in [2.24, 2.45) is 5.73 Å². The summed E-state index contributed by atoms with van der Waals surface area (Å²) in [6.07, 6.45) is 3.21. The van der Waals surface area contributed by atoms with E-state index in [1.165, 1.54) is 0 Å². The van der Waals surface area contributed by atoms with Gasteiger partial charge in [-0.25, -0.2) is 0 Å². The summed E-state index contributed by atoms with van der Waals surface area (Å²) in [6, 6.07) is 13.7. The lowest BCUT2D eigenvalue weighted by atomic mass is 10.0. The molecule has 0 spiro atoms. The van der Waals surface area contributed by atoms with E-state index >= 15 is 0 Å². The lowest BCUT2D eigenvalue weighted by Gasteiger charge is -2.11. The first-order chi connectivity index (χ1) is 9.78. The van der Waals surface area contributed by atoms with Crippen LogP contribution >= 0.6 is 11.6 Å². The van der Waals surface area contributed by atoms with Crippen molar-refractivity contribution in [2.45, 2.75) is 6.54 Å². The van der Waals surface area contributed by atoms with E-state index in [0.717, 1.165) is 22.1 Å². The molecular weight excluding hydrogens is 272 g/mol. The van der Waals surface area contributed by atoms with Crippen LogP contribution in [0.1, 0.15) is 5.56 Å². The minimum absolute atomic E-state index is 0.500. The van der Waals surface area contributed by atoms with E-state index in [2.05, 4.69) is 4.98 Å². The molecule has 0 atom stereocenters. The van der Waals surface area contributed by atoms with E-state index in [-0.39, 0.29) is 0 Å². The molecule has 0 aliphatic heterocycles. The maximum Gasteiger partial charge on any atom is 0.147 e. The van der Waals surface area contributed by atoms with Crippen LogP contribution in [0.25, 0.3) is 10.8 Å². The molecule has 0 unspecified atom stereocenters. The second kappa shape index (κ2) is 5.49. The Hall–Kier alpha value is -2.10. The topological polar surface area (TPSA) is 48.1 Å². The van der Waals surface area contributed by atoms with Crippen LogP contribution in [0.2, 0.25) is 5.02 Å². The Kier molecular flexibility index (Phi) is 3.54. The van der Waals surface area contributed by atoms with Gasteiger partial charge in [-0.05, 0) is 17.0 Å². The average molecular weight is 285 g/mol. The van der Waals surface area contributed by atoms with Gasteiger partial charge in [0.15, 0.2) is 0 Å². The van der Waals surface area contributed by atoms with Crippen molar-refractivity contribution in [3.63, 3.8) is 0 Å². The maximum absolute atomic E-state index is 5.92. The summed E-state index contributed by atoms with van der Waals surface area (Å²) in [5, 5.41) is 2.67. The van der Waals surface area contributed by atoms with Crippen LogP contribution in [0.5, 0.6) is 11.5 Å². The Labute approximate surface area is 122 Å². The lowest BCUT2D eigenvalue weighted by molar-refractivity contribution is 0.486. The predicted octanol–water partition coefficient (Wildman–Crippen LogP) is 4.14. The number of rotatable bonds is 3. The highest BCUT2D eigenvalue weighted by molar-refractivity contribution is 6.30. The SMILES string of the molecule is NCc1ccc(Oc2cncc(Cl)c2)c2ccccc12. The predicted molar refractivity (Wildman–Crippen MR) is 81.2 cm³/mol. The van der Waals surface area contributed by atoms with Crippen LogP contribution in [0.4, 0.5) is 0 Å². The quantitative estimate of drug-likeness (QED) is 0.786. The number of hydrogen-bond donors (Lipinski definition) is 1. The highest BCUT2D eigenvalue weighted by Gasteiger charge is 2.07. The monoisotopic (exact) mass is 284 g/mol. The van der Waals surface area contributed by atoms with Crippen LogP contribution in [0.15, 0.2) is 54.9 Å². The second-order valence-corrected chi connectivity index (χ2v) is 4.85. The van der Waals surface area contributed by atoms with Crippen LogP contribution in [-0.2, 0) is 6.54 Å². The third-order valence-electron chi connectivity index (χ3n) is 3.10. The first kappa shape index (κ1) is 12.9. The zero-order valence-corrected chi connectivity index (χ0v) is 11.5. The van der Waals surface area contributed by atoms with E-state index in [1.54, 1.807) is 18.5 Å².